The number of hydrogen-bond donors (Lipinski definition) is 2. The lowest BCUT2D eigenvalue weighted by Crippen LogP contribution is -2.44. The molecule has 2 aliphatic rings. The first-order valence-corrected chi connectivity index (χ1v) is 7.89. The Morgan fingerprint density at radius 3 is 3.00 bits per heavy atom. The van der Waals surface area contributed by atoms with Crippen molar-refractivity contribution in [3.63, 3.8) is 0 Å². The molecular weight excluding hydrogens is 274 g/mol. The summed E-state index contributed by atoms with van der Waals surface area (Å²) in [5.74, 6) is -0.155. The molecule has 2 heterocycles. The predicted molar refractivity (Wildman–Crippen MR) is 80.2 cm³/mol. The second kappa shape index (κ2) is 4.81. The van der Waals surface area contributed by atoms with Crippen LogP contribution in [0.15, 0.2) is 6.08 Å². The van der Waals surface area contributed by atoms with E-state index in [1.807, 2.05) is 0 Å². The van der Waals surface area contributed by atoms with Crippen LogP contribution >= 0.6 is 11.3 Å². The average Bonchev–Trinajstić information content (AvgIpc) is 2.76. The van der Waals surface area contributed by atoms with Gasteiger partial charge in [0.05, 0.1) is 12.2 Å². The third kappa shape index (κ3) is 2.00. The number of rotatable bonds is 2. The molecule has 0 bridgehead atoms. The monoisotopic (exact) mass is 293 g/mol. The lowest BCUT2D eigenvalue weighted by atomic mass is 9.90. The van der Waals surface area contributed by atoms with Crippen molar-refractivity contribution in [3.05, 3.63) is 22.1 Å². The minimum atomic E-state index is -0.986. The van der Waals surface area contributed by atoms with Crippen LogP contribution in [0.5, 0.6) is 0 Å². The first-order chi connectivity index (χ1) is 9.55. The van der Waals surface area contributed by atoms with Crippen LogP contribution in [0.1, 0.15) is 42.7 Å². The van der Waals surface area contributed by atoms with Gasteiger partial charge >= 0.3 is 5.97 Å². The van der Waals surface area contributed by atoms with Gasteiger partial charge in [0.15, 0.2) is 5.54 Å². The molecule has 20 heavy (non-hydrogen) atoms. The maximum atomic E-state index is 12.1. The van der Waals surface area contributed by atoms with Crippen LogP contribution in [0, 0.1) is 0 Å². The molecular formula is C15H19NO3S. The molecule has 0 amide bonds. The molecule has 0 fully saturated rings. The molecule has 1 atom stereocenters. The Balaban J connectivity index is 2.01. The molecule has 5 heteroatoms. The SMILES string of the molecule is CCOC(=O)C1(C)C=C(O)c2c(sc3c2CCCC3)N1. The molecule has 0 radical (unpaired) electrons. The molecule has 1 unspecified atom stereocenters. The quantitative estimate of drug-likeness (QED) is 0.822. The summed E-state index contributed by atoms with van der Waals surface area (Å²) < 4.78 is 5.10. The fraction of sp³-hybridized carbons (Fsp3) is 0.533. The summed E-state index contributed by atoms with van der Waals surface area (Å²) in [6, 6.07) is 0. The van der Waals surface area contributed by atoms with Crippen molar-refractivity contribution in [1.29, 1.82) is 0 Å². The highest BCUT2D eigenvalue weighted by Gasteiger charge is 2.39. The number of aliphatic hydroxyl groups is 1. The predicted octanol–water partition coefficient (Wildman–Crippen LogP) is 3.27. The highest BCUT2D eigenvalue weighted by Crippen LogP contribution is 2.45. The van der Waals surface area contributed by atoms with Crippen LogP contribution in [-0.4, -0.2) is 23.2 Å². The van der Waals surface area contributed by atoms with E-state index in [0.717, 1.165) is 23.4 Å². The summed E-state index contributed by atoms with van der Waals surface area (Å²) in [6.45, 7) is 3.85. The number of nitrogens with one attached hydrogen (secondary N) is 1. The zero-order chi connectivity index (χ0) is 14.3. The molecule has 0 saturated carbocycles. The van der Waals surface area contributed by atoms with Gasteiger partial charge in [0, 0.05) is 4.88 Å². The first-order valence-electron chi connectivity index (χ1n) is 7.07. The Kier molecular flexibility index (Phi) is 3.24. The summed E-state index contributed by atoms with van der Waals surface area (Å²) >= 11 is 1.66. The summed E-state index contributed by atoms with van der Waals surface area (Å²) in [6.07, 6.45) is 6.02. The first kappa shape index (κ1) is 13.5. The third-order valence-electron chi connectivity index (χ3n) is 3.93. The Hall–Kier alpha value is -1.49. The molecule has 108 valence electrons. The molecule has 2 N–H and O–H groups in total. The van der Waals surface area contributed by atoms with Crippen LogP contribution in [0.2, 0.25) is 0 Å². The third-order valence-corrected chi connectivity index (χ3v) is 5.13. The summed E-state index contributed by atoms with van der Waals surface area (Å²) in [5.41, 5.74) is 1.16. The zero-order valence-corrected chi connectivity index (χ0v) is 12.6. The van der Waals surface area contributed by atoms with E-state index in [2.05, 4.69) is 5.32 Å². The van der Waals surface area contributed by atoms with Gasteiger partial charge in [-0.1, -0.05) is 0 Å². The smallest absolute Gasteiger partial charge is 0.335 e. The normalized spacial score (nSPS) is 24.2. The van der Waals surface area contributed by atoms with E-state index in [1.165, 1.54) is 23.3 Å². The average molecular weight is 293 g/mol. The van der Waals surface area contributed by atoms with E-state index in [0.29, 0.717) is 6.61 Å². The number of anilines is 1. The highest BCUT2D eigenvalue weighted by atomic mass is 32.1. The lowest BCUT2D eigenvalue weighted by molar-refractivity contribution is -0.146. The second-order valence-corrected chi connectivity index (χ2v) is 6.60. The number of aliphatic hydroxyl groups excluding tert-OH is 1. The minimum absolute atomic E-state index is 0.203. The van der Waals surface area contributed by atoms with E-state index in [1.54, 1.807) is 31.3 Å². The molecule has 1 aliphatic heterocycles. The van der Waals surface area contributed by atoms with Crippen LogP contribution < -0.4 is 5.32 Å². The van der Waals surface area contributed by atoms with Gasteiger partial charge in [-0.3, -0.25) is 0 Å². The molecule has 0 spiro atoms. The van der Waals surface area contributed by atoms with Crippen molar-refractivity contribution in [2.75, 3.05) is 11.9 Å². The Morgan fingerprint density at radius 1 is 1.50 bits per heavy atom. The minimum Gasteiger partial charge on any atom is -0.507 e. The van der Waals surface area contributed by atoms with Gasteiger partial charge in [-0.05, 0) is 51.2 Å². The summed E-state index contributed by atoms with van der Waals surface area (Å²) in [4.78, 5) is 13.4. The Morgan fingerprint density at radius 2 is 2.25 bits per heavy atom. The van der Waals surface area contributed by atoms with Gasteiger partial charge < -0.3 is 15.2 Å². The van der Waals surface area contributed by atoms with Crippen LogP contribution in [-0.2, 0) is 22.4 Å². The van der Waals surface area contributed by atoms with E-state index in [-0.39, 0.29) is 11.7 Å². The number of esters is 1. The fourth-order valence-corrected chi connectivity index (χ4v) is 4.35. The highest BCUT2D eigenvalue weighted by molar-refractivity contribution is 7.16. The summed E-state index contributed by atoms with van der Waals surface area (Å²) in [7, 11) is 0. The maximum absolute atomic E-state index is 12.1. The van der Waals surface area contributed by atoms with Gasteiger partial charge in [0.25, 0.3) is 0 Å². The fourth-order valence-electron chi connectivity index (χ4n) is 2.93. The van der Waals surface area contributed by atoms with Crippen molar-refractivity contribution in [3.8, 4) is 0 Å². The molecule has 1 aromatic heterocycles. The number of carbonyl (C=O) groups excluding carboxylic acids is 1. The van der Waals surface area contributed by atoms with Crippen molar-refractivity contribution in [1.82, 2.24) is 0 Å². The van der Waals surface area contributed by atoms with Crippen LogP contribution in [0.3, 0.4) is 0 Å². The van der Waals surface area contributed by atoms with Crippen LogP contribution in [0.4, 0.5) is 5.00 Å². The van der Waals surface area contributed by atoms with Crippen LogP contribution in [0.25, 0.3) is 5.76 Å². The zero-order valence-electron chi connectivity index (χ0n) is 11.8. The lowest BCUT2D eigenvalue weighted by Gasteiger charge is -2.30. The van der Waals surface area contributed by atoms with Crippen molar-refractivity contribution < 1.29 is 14.6 Å². The second-order valence-electron chi connectivity index (χ2n) is 5.49. The maximum Gasteiger partial charge on any atom is 0.335 e. The Bertz CT molecular complexity index is 590. The largest absolute Gasteiger partial charge is 0.507 e. The van der Waals surface area contributed by atoms with E-state index >= 15 is 0 Å². The molecule has 3 rings (SSSR count). The number of thiophene rings is 1. The van der Waals surface area contributed by atoms with E-state index in [9.17, 15) is 9.90 Å². The number of ether oxygens (including phenoxy) is 1. The van der Waals surface area contributed by atoms with Gasteiger partial charge in [-0.25, -0.2) is 4.79 Å². The van der Waals surface area contributed by atoms with Crippen molar-refractivity contribution in [2.45, 2.75) is 45.1 Å². The standard InChI is InChI=1S/C15H19NO3S/c1-3-19-14(18)15(2)8-10(17)12-9-6-4-5-7-11(9)20-13(12)16-15/h8,16-17H,3-7H2,1-2H3. The summed E-state index contributed by atoms with van der Waals surface area (Å²) in [5, 5.41) is 14.5. The van der Waals surface area contributed by atoms with Crippen molar-refractivity contribution >= 4 is 28.1 Å². The molecule has 0 aromatic carbocycles. The van der Waals surface area contributed by atoms with Gasteiger partial charge in [-0.15, -0.1) is 11.3 Å². The number of fused-ring (bicyclic) bond motifs is 3. The van der Waals surface area contributed by atoms with E-state index < -0.39 is 5.54 Å². The van der Waals surface area contributed by atoms with Gasteiger partial charge in [0.1, 0.15) is 10.8 Å². The molecule has 4 nitrogen and oxygen atoms in total. The number of hydrogen-bond acceptors (Lipinski definition) is 5. The van der Waals surface area contributed by atoms with E-state index in [4.69, 9.17) is 4.74 Å². The number of carbonyl (C=O) groups is 1. The topological polar surface area (TPSA) is 58.6 Å². The Labute approximate surface area is 122 Å². The molecule has 1 aromatic rings. The van der Waals surface area contributed by atoms with Gasteiger partial charge in [0.2, 0.25) is 0 Å². The molecule has 1 aliphatic carbocycles. The number of aryl methyl sites for hydroxylation is 1. The molecule has 0 saturated heterocycles. The van der Waals surface area contributed by atoms with Gasteiger partial charge in [-0.2, -0.15) is 0 Å². The van der Waals surface area contributed by atoms with Crippen molar-refractivity contribution in [2.24, 2.45) is 0 Å².